The van der Waals surface area contributed by atoms with Crippen molar-refractivity contribution in [1.29, 1.82) is 0 Å². The predicted octanol–water partition coefficient (Wildman–Crippen LogP) is 3.13. The molecule has 2 unspecified atom stereocenters. The lowest BCUT2D eigenvalue weighted by Gasteiger charge is -2.26. The fourth-order valence-electron chi connectivity index (χ4n) is 2.60. The van der Waals surface area contributed by atoms with Gasteiger partial charge in [-0.3, -0.25) is 0 Å². The Morgan fingerprint density at radius 3 is 2.45 bits per heavy atom. The van der Waals surface area contributed by atoms with E-state index in [1.54, 1.807) is 24.3 Å². The van der Waals surface area contributed by atoms with E-state index in [1.807, 2.05) is 6.07 Å². The summed E-state index contributed by atoms with van der Waals surface area (Å²) in [6.07, 6.45) is 6.46. The molecule has 2 rings (SSSR count). The van der Waals surface area contributed by atoms with Crippen molar-refractivity contribution in [2.75, 3.05) is 0 Å². The van der Waals surface area contributed by atoms with Crippen molar-refractivity contribution in [3.8, 4) is 5.75 Å². The molecule has 110 valence electrons. The smallest absolute Gasteiger partial charge is 0.393 e. The Morgan fingerprint density at radius 2 is 1.85 bits per heavy atom. The van der Waals surface area contributed by atoms with Gasteiger partial charge in [0.15, 0.2) is 0 Å². The third-order valence-electron chi connectivity index (χ3n) is 3.70. The van der Waals surface area contributed by atoms with E-state index in [1.165, 1.54) is 19.3 Å². The van der Waals surface area contributed by atoms with E-state index in [4.69, 9.17) is 10.3 Å². The molecule has 1 aromatic rings. The van der Waals surface area contributed by atoms with Gasteiger partial charge in [-0.1, -0.05) is 50.3 Å². The van der Waals surface area contributed by atoms with E-state index < -0.39 is 13.4 Å². The number of hydrogen-bond donors (Lipinski definition) is 2. The van der Waals surface area contributed by atoms with Crippen LogP contribution in [0.4, 0.5) is 0 Å². The number of para-hydroxylation sites is 1. The Morgan fingerprint density at radius 1 is 1.25 bits per heavy atom. The summed E-state index contributed by atoms with van der Waals surface area (Å²) in [6, 6.07) is 8.69. The number of rotatable bonds is 5. The Bertz CT molecular complexity index is 437. The summed E-state index contributed by atoms with van der Waals surface area (Å²) in [7, 11) is -3.79. The molecule has 0 heterocycles. The van der Waals surface area contributed by atoms with Crippen molar-refractivity contribution >= 4 is 18.6 Å². The van der Waals surface area contributed by atoms with E-state index in [-0.39, 0.29) is 11.0 Å². The Kier molecular flexibility index (Phi) is 6.96. The quantitative estimate of drug-likeness (QED) is 0.647. The molecule has 0 aliphatic heterocycles. The van der Waals surface area contributed by atoms with Gasteiger partial charge < -0.3 is 15.2 Å². The molecule has 0 amide bonds. The fourth-order valence-corrected chi connectivity index (χ4v) is 3.72. The first kappa shape index (κ1) is 17.4. The van der Waals surface area contributed by atoms with Crippen LogP contribution in [0.15, 0.2) is 30.3 Å². The molecule has 0 bridgehead atoms. The summed E-state index contributed by atoms with van der Waals surface area (Å²) in [5.41, 5.74) is 5.89. The first-order valence-corrected chi connectivity index (χ1v) is 8.55. The molecule has 4 nitrogen and oxygen atoms in total. The molecule has 1 aliphatic rings. The fraction of sp³-hybridized carbons (Fsp3) is 0.571. The maximum Gasteiger partial charge on any atom is 0.393 e. The second kappa shape index (κ2) is 7.98. The molecule has 0 aromatic heterocycles. The van der Waals surface area contributed by atoms with Gasteiger partial charge in [-0.05, 0) is 24.5 Å². The largest absolute Gasteiger partial charge is 0.423 e. The highest BCUT2D eigenvalue weighted by Crippen LogP contribution is 2.48. The van der Waals surface area contributed by atoms with E-state index >= 15 is 0 Å². The third kappa shape index (κ3) is 5.06. The van der Waals surface area contributed by atoms with Gasteiger partial charge in [-0.15, -0.1) is 0 Å². The van der Waals surface area contributed by atoms with Crippen molar-refractivity contribution in [2.24, 2.45) is 11.7 Å². The summed E-state index contributed by atoms with van der Waals surface area (Å²) >= 11 is 0. The highest BCUT2D eigenvalue weighted by atomic mass is 31.2. The van der Waals surface area contributed by atoms with Crippen molar-refractivity contribution < 1.29 is 14.0 Å². The Hall–Kier alpha value is -0.613. The average molecular weight is 311 g/mol. The average Bonchev–Trinajstić information content (AvgIpc) is 2.40. The van der Waals surface area contributed by atoms with Crippen LogP contribution in [0.3, 0.4) is 0 Å². The molecular formula is C14H22NO3PSi. The lowest BCUT2D eigenvalue weighted by molar-refractivity contribution is 0.309. The van der Waals surface area contributed by atoms with Crippen LogP contribution in [0.25, 0.3) is 0 Å². The number of benzene rings is 1. The molecule has 0 spiro atoms. The van der Waals surface area contributed by atoms with Crippen LogP contribution >= 0.6 is 7.60 Å². The van der Waals surface area contributed by atoms with Crippen LogP contribution < -0.4 is 10.3 Å². The SMILES string of the molecule is NC(CC1CCCCC1)P(=O)(O)Oc1ccccc1.[Si]. The van der Waals surface area contributed by atoms with E-state index in [2.05, 4.69) is 0 Å². The van der Waals surface area contributed by atoms with Gasteiger partial charge in [0.1, 0.15) is 11.5 Å². The van der Waals surface area contributed by atoms with Gasteiger partial charge in [0.05, 0.1) is 0 Å². The van der Waals surface area contributed by atoms with Crippen molar-refractivity contribution in [3.63, 3.8) is 0 Å². The molecule has 20 heavy (non-hydrogen) atoms. The number of nitrogens with two attached hydrogens (primary N) is 1. The molecular weight excluding hydrogens is 289 g/mol. The summed E-state index contributed by atoms with van der Waals surface area (Å²) < 4.78 is 17.4. The first-order chi connectivity index (χ1) is 9.08. The molecule has 3 N–H and O–H groups in total. The van der Waals surface area contributed by atoms with Crippen LogP contribution in [-0.2, 0) is 4.57 Å². The molecule has 1 saturated carbocycles. The third-order valence-corrected chi connectivity index (χ3v) is 5.22. The Balaban J connectivity index is 0.00000200. The summed E-state index contributed by atoms with van der Waals surface area (Å²) in [5, 5.41) is 0. The zero-order chi connectivity index (χ0) is 13.7. The van der Waals surface area contributed by atoms with Crippen LogP contribution in [0, 0.1) is 5.92 Å². The predicted molar refractivity (Wildman–Crippen MR) is 81.8 cm³/mol. The van der Waals surface area contributed by atoms with Gasteiger partial charge in [0.25, 0.3) is 0 Å². The minimum absolute atomic E-state index is 0. The van der Waals surface area contributed by atoms with Crippen LogP contribution in [-0.4, -0.2) is 21.6 Å². The molecule has 6 heteroatoms. The zero-order valence-electron chi connectivity index (χ0n) is 11.6. The van der Waals surface area contributed by atoms with Crippen molar-refractivity contribution in [3.05, 3.63) is 30.3 Å². The highest BCUT2D eigenvalue weighted by Gasteiger charge is 2.33. The van der Waals surface area contributed by atoms with Crippen LogP contribution in [0.2, 0.25) is 0 Å². The normalized spacial score (nSPS) is 20.5. The van der Waals surface area contributed by atoms with Gasteiger partial charge in [0, 0.05) is 11.0 Å². The van der Waals surface area contributed by atoms with Gasteiger partial charge in [0.2, 0.25) is 0 Å². The summed E-state index contributed by atoms with van der Waals surface area (Å²) in [5.74, 6) is 0.0619. The molecule has 1 aliphatic carbocycles. The first-order valence-electron chi connectivity index (χ1n) is 6.90. The second-order valence-corrected chi connectivity index (χ2v) is 7.25. The lowest BCUT2D eigenvalue weighted by Crippen LogP contribution is -2.26. The lowest BCUT2D eigenvalue weighted by atomic mass is 9.87. The van der Waals surface area contributed by atoms with Gasteiger partial charge in [-0.25, -0.2) is 4.57 Å². The summed E-state index contributed by atoms with van der Waals surface area (Å²) in [4.78, 5) is 9.98. The van der Waals surface area contributed by atoms with E-state index in [0.717, 1.165) is 12.8 Å². The monoisotopic (exact) mass is 311 g/mol. The molecule has 4 radical (unpaired) electrons. The Labute approximate surface area is 125 Å². The topological polar surface area (TPSA) is 72.6 Å². The molecule has 1 fully saturated rings. The van der Waals surface area contributed by atoms with E-state index in [9.17, 15) is 9.46 Å². The van der Waals surface area contributed by atoms with Gasteiger partial charge >= 0.3 is 7.60 Å². The standard InChI is InChI=1S/C14H22NO3P.Si/c15-14(11-12-7-3-1-4-8-12)19(16,17)18-13-9-5-2-6-10-13;/h2,5-6,9-10,12,14H,1,3-4,7-8,11,15H2,(H,16,17);. The second-order valence-electron chi connectivity index (χ2n) is 5.28. The maximum absolute atomic E-state index is 12.2. The summed E-state index contributed by atoms with van der Waals surface area (Å²) in [6.45, 7) is 0. The van der Waals surface area contributed by atoms with E-state index in [0.29, 0.717) is 18.1 Å². The molecule has 0 saturated heterocycles. The minimum Gasteiger partial charge on any atom is -0.423 e. The number of hydrogen-bond acceptors (Lipinski definition) is 3. The van der Waals surface area contributed by atoms with Gasteiger partial charge in [-0.2, -0.15) is 0 Å². The zero-order valence-corrected chi connectivity index (χ0v) is 13.5. The highest BCUT2D eigenvalue weighted by molar-refractivity contribution is 7.53. The maximum atomic E-state index is 12.2. The molecule has 1 aromatic carbocycles. The van der Waals surface area contributed by atoms with Crippen molar-refractivity contribution in [2.45, 2.75) is 44.3 Å². The van der Waals surface area contributed by atoms with Crippen LogP contribution in [0.5, 0.6) is 5.75 Å². The van der Waals surface area contributed by atoms with Crippen molar-refractivity contribution in [1.82, 2.24) is 0 Å². The molecule has 2 atom stereocenters. The van der Waals surface area contributed by atoms with Crippen LogP contribution in [0.1, 0.15) is 38.5 Å². The minimum atomic E-state index is -3.79.